The van der Waals surface area contributed by atoms with E-state index in [9.17, 15) is 8.42 Å². The van der Waals surface area contributed by atoms with Crippen molar-refractivity contribution in [3.8, 4) is 0 Å². The molecule has 0 aliphatic carbocycles. The molecule has 0 aliphatic heterocycles. The molecular formula is C8H9BrNaO3S+. The number of benzene rings is 1. The Morgan fingerprint density at radius 3 is 2.07 bits per heavy atom. The summed E-state index contributed by atoms with van der Waals surface area (Å²) in [6, 6.07) is 6.16. The summed E-state index contributed by atoms with van der Waals surface area (Å²) < 4.78 is 30.0. The first kappa shape index (κ1) is 14.6. The fourth-order valence-corrected chi connectivity index (χ4v) is 1.88. The third-order valence-corrected chi connectivity index (χ3v) is 2.87. The van der Waals surface area contributed by atoms with Gasteiger partial charge in [0.05, 0.1) is 4.90 Å². The van der Waals surface area contributed by atoms with Crippen LogP contribution in [0, 0.1) is 0 Å². The summed E-state index contributed by atoms with van der Waals surface area (Å²) in [6.07, 6.45) is 0.839. The zero-order chi connectivity index (χ0) is 9.90. The summed E-state index contributed by atoms with van der Waals surface area (Å²) in [5.41, 5.74) is 1.03. The summed E-state index contributed by atoms with van der Waals surface area (Å²) in [4.78, 5) is -0.0641. The van der Waals surface area contributed by atoms with Gasteiger partial charge >= 0.3 is 29.6 Å². The number of halogens is 1. The second-order valence-electron chi connectivity index (χ2n) is 2.56. The molecule has 72 valence electrons. The molecule has 1 N–H and O–H groups in total. The Morgan fingerprint density at radius 1 is 1.21 bits per heavy atom. The van der Waals surface area contributed by atoms with Crippen LogP contribution in [-0.2, 0) is 16.5 Å². The smallest absolute Gasteiger partial charge is 0.282 e. The normalized spacial score (nSPS) is 10.7. The number of aryl methyl sites for hydroxylation is 1. The fraction of sp³-hybridized carbons (Fsp3) is 0.250. The second kappa shape index (κ2) is 6.25. The van der Waals surface area contributed by atoms with Crippen molar-refractivity contribution >= 4 is 26.0 Å². The van der Waals surface area contributed by atoms with Crippen molar-refractivity contribution in [2.45, 2.75) is 11.3 Å². The van der Waals surface area contributed by atoms with E-state index >= 15 is 0 Å². The molecular weight excluding hydrogens is 279 g/mol. The van der Waals surface area contributed by atoms with Crippen molar-refractivity contribution in [1.82, 2.24) is 0 Å². The fourth-order valence-electron chi connectivity index (χ4n) is 0.937. The molecule has 0 amide bonds. The molecule has 0 spiro atoms. The quantitative estimate of drug-likeness (QED) is 0.435. The van der Waals surface area contributed by atoms with Crippen molar-refractivity contribution < 1.29 is 42.5 Å². The minimum Gasteiger partial charge on any atom is -0.282 e. The predicted octanol–water partition coefficient (Wildman–Crippen LogP) is -1.13. The molecule has 14 heavy (non-hydrogen) atoms. The van der Waals surface area contributed by atoms with Gasteiger partial charge in [-0.3, -0.25) is 4.55 Å². The van der Waals surface area contributed by atoms with E-state index in [4.69, 9.17) is 4.55 Å². The van der Waals surface area contributed by atoms with Gasteiger partial charge in [-0.25, -0.2) is 0 Å². The van der Waals surface area contributed by atoms with E-state index in [0.717, 1.165) is 17.3 Å². The van der Waals surface area contributed by atoms with Crippen LogP contribution in [0.2, 0.25) is 0 Å². The van der Waals surface area contributed by atoms with Crippen molar-refractivity contribution in [1.29, 1.82) is 0 Å². The maximum absolute atomic E-state index is 10.6. The SMILES string of the molecule is O=S(=O)(O)c1ccc(CCBr)cc1.[Na+]. The van der Waals surface area contributed by atoms with Crippen LogP contribution in [0.1, 0.15) is 5.56 Å². The van der Waals surface area contributed by atoms with Gasteiger partial charge in [0.25, 0.3) is 10.1 Å². The van der Waals surface area contributed by atoms with Gasteiger partial charge in [-0.05, 0) is 24.1 Å². The average Bonchev–Trinajstić information content (AvgIpc) is 2.04. The number of rotatable bonds is 3. The van der Waals surface area contributed by atoms with Gasteiger partial charge in [-0.1, -0.05) is 28.1 Å². The summed E-state index contributed by atoms with van der Waals surface area (Å²) in [5, 5.41) is 0.832. The van der Waals surface area contributed by atoms with E-state index in [1.54, 1.807) is 12.1 Å². The molecule has 0 aliphatic rings. The number of hydrogen-bond donors (Lipinski definition) is 1. The monoisotopic (exact) mass is 287 g/mol. The molecule has 0 unspecified atom stereocenters. The zero-order valence-electron chi connectivity index (χ0n) is 7.77. The Balaban J connectivity index is 0.00000169. The summed E-state index contributed by atoms with van der Waals surface area (Å²) in [7, 11) is -4.05. The van der Waals surface area contributed by atoms with Crippen LogP contribution in [0.4, 0.5) is 0 Å². The molecule has 0 bridgehead atoms. The minimum absolute atomic E-state index is 0. The maximum Gasteiger partial charge on any atom is 1.00 e. The molecule has 1 aromatic rings. The van der Waals surface area contributed by atoms with E-state index in [1.165, 1.54) is 12.1 Å². The first-order valence-electron chi connectivity index (χ1n) is 3.66. The Labute approximate surface area is 114 Å². The first-order chi connectivity index (χ1) is 6.04. The van der Waals surface area contributed by atoms with E-state index in [1.807, 2.05) is 0 Å². The number of alkyl halides is 1. The van der Waals surface area contributed by atoms with Gasteiger partial charge in [-0.2, -0.15) is 8.42 Å². The second-order valence-corrected chi connectivity index (χ2v) is 4.77. The van der Waals surface area contributed by atoms with Gasteiger partial charge in [0, 0.05) is 5.33 Å². The van der Waals surface area contributed by atoms with Gasteiger partial charge in [-0.15, -0.1) is 0 Å². The van der Waals surface area contributed by atoms with Crippen molar-refractivity contribution in [3.05, 3.63) is 29.8 Å². The minimum atomic E-state index is -4.05. The zero-order valence-corrected chi connectivity index (χ0v) is 12.2. The van der Waals surface area contributed by atoms with Crippen molar-refractivity contribution in [2.24, 2.45) is 0 Å². The van der Waals surface area contributed by atoms with E-state index in [0.29, 0.717) is 0 Å². The Kier molecular flexibility index (Phi) is 6.52. The topological polar surface area (TPSA) is 54.4 Å². The van der Waals surface area contributed by atoms with Gasteiger partial charge < -0.3 is 0 Å². The van der Waals surface area contributed by atoms with Crippen LogP contribution >= 0.6 is 15.9 Å². The van der Waals surface area contributed by atoms with Crippen molar-refractivity contribution in [3.63, 3.8) is 0 Å². The molecule has 0 atom stereocenters. The van der Waals surface area contributed by atoms with Crippen LogP contribution in [0.15, 0.2) is 29.2 Å². The van der Waals surface area contributed by atoms with Crippen LogP contribution in [0.3, 0.4) is 0 Å². The molecule has 0 aromatic heterocycles. The van der Waals surface area contributed by atoms with Crippen LogP contribution in [-0.4, -0.2) is 18.3 Å². The average molecular weight is 288 g/mol. The molecule has 0 radical (unpaired) electrons. The third kappa shape index (κ3) is 4.42. The van der Waals surface area contributed by atoms with E-state index in [-0.39, 0.29) is 34.5 Å². The maximum atomic E-state index is 10.6. The molecule has 1 rings (SSSR count). The Hall–Kier alpha value is 0.610. The standard InChI is InChI=1S/C8H9BrO3S.Na/c9-6-5-7-1-3-8(4-2-7)13(10,11)12;/h1-4H,5-6H2,(H,10,11,12);/q;+1. The largest absolute Gasteiger partial charge is 1.00 e. The molecule has 0 heterocycles. The van der Waals surface area contributed by atoms with Crippen molar-refractivity contribution in [2.75, 3.05) is 5.33 Å². The molecule has 0 fully saturated rings. The van der Waals surface area contributed by atoms with Crippen LogP contribution in [0.5, 0.6) is 0 Å². The summed E-state index contributed by atoms with van der Waals surface area (Å²) in [5.74, 6) is 0. The Morgan fingerprint density at radius 2 is 1.71 bits per heavy atom. The third-order valence-electron chi connectivity index (χ3n) is 1.60. The van der Waals surface area contributed by atoms with E-state index in [2.05, 4.69) is 15.9 Å². The molecule has 6 heteroatoms. The summed E-state index contributed by atoms with van der Waals surface area (Å²) >= 11 is 3.28. The van der Waals surface area contributed by atoms with E-state index < -0.39 is 10.1 Å². The van der Waals surface area contributed by atoms with Gasteiger partial charge in [0.1, 0.15) is 0 Å². The predicted molar refractivity (Wildman–Crippen MR) is 53.8 cm³/mol. The molecule has 0 saturated carbocycles. The molecule has 1 aromatic carbocycles. The molecule has 3 nitrogen and oxygen atoms in total. The van der Waals surface area contributed by atoms with Crippen LogP contribution in [0.25, 0.3) is 0 Å². The number of hydrogen-bond acceptors (Lipinski definition) is 2. The Bertz CT molecular complexity index is 374. The van der Waals surface area contributed by atoms with Gasteiger partial charge in [0.15, 0.2) is 0 Å². The van der Waals surface area contributed by atoms with Crippen LogP contribution < -0.4 is 29.6 Å². The summed E-state index contributed by atoms with van der Waals surface area (Å²) in [6.45, 7) is 0. The molecule has 0 saturated heterocycles. The first-order valence-corrected chi connectivity index (χ1v) is 6.22. The van der Waals surface area contributed by atoms with Gasteiger partial charge in [0.2, 0.25) is 0 Å².